The van der Waals surface area contributed by atoms with Crippen molar-refractivity contribution in [1.29, 1.82) is 0 Å². The van der Waals surface area contributed by atoms with Crippen LogP contribution in [0, 0.1) is 11.7 Å². The summed E-state index contributed by atoms with van der Waals surface area (Å²) in [5.74, 6) is -0.174. The number of carbonyl (C=O) groups excluding carboxylic acids is 2. The number of nitrogens with one attached hydrogen (secondary N) is 1. The van der Waals surface area contributed by atoms with Gasteiger partial charge in [0.15, 0.2) is 5.17 Å². The number of rotatable bonds is 2. The first kappa shape index (κ1) is 14.1. The SMILES string of the molecule is O=C(NC1=NCCS1)[C@@H]1CC(=O)N(c2ccc(F)cc2)C1. The van der Waals surface area contributed by atoms with Crippen LogP contribution >= 0.6 is 11.8 Å². The van der Waals surface area contributed by atoms with Gasteiger partial charge in [0.1, 0.15) is 5.82 Å². The highest BCUT2D eigenvalue weighted by Crippen LogP contribution is 2.25. The van der Waals surface area contributed by atoms with Crippen molar-refractivity contribution in [3.8, 4) is 0 Å². The van der Waals surface area contributed by atoms with Crippen molar-refractivity contribution in [3.63, 3.8) is 0 Å². The van der Waals surface area contributed by atoms with E-state index >= 15 is 0 Å². The predicted molar refractivity (Wildman–Crippen MR) is 79.8 cm³/mol. The molecule has 1 saturated heterocycles. The lowest BCUT2D eigenvalue weighted by Gasteiger charge is -2.16. The Morgan fingerprint density at radius 3 is 2.81 bits per heavy atom. The summed E-state index contributed by atoms with van der Waals surface area (Å²) in [7, 11) is 0. The molecule has 1 atom stereocenters. The predicted octanol–water partition coefficient (Wildman–Crippen LogP) is 1.40. The Labute approximate surface area is 125 Å². The quantitative estimate of drug-likeness (QED) is 0.898. The molecule has 3 rings (SSSR count). The molecule has 0 radical (unpaired) electrons. The zero-order valence-corrected chi connectivity index (χ0v) is 12.0. The van der Waals surface area contributed by atoms with E-state index in [-0.39, 0.29) is 24.1 Å². The van der Waals surface area contributed by atoms with E-state index < -0.39 is 5.92 Å². The number of aliphatic imine (C=N–C) groups is 1. The maximum Gasteiger partial charge on any atom is 0.231 e. The molecule has 2 heterocycles. The molecule has 21 heavy (non-hydrogen) atoms. The minimum atomic E-state index is -0.397. The number of benzene rings is 1. The van der Waals surface area contributed by atoms with Gasteiger partial charge < -0.3 is 10.2 Å². The second kappa shape index (κ2) is 5.85. The van der Waals surface area contributed by atoms with E-state index in [0.29, 0.717) is 23.9 Å². The number of amides is 2. The monoisotopic (exact) mass is 307 g/mol. The summed E-state index contributed by atoms with van der Waals surface area (Å²) in [5, 5.41) is 3.39. The summed E-state index contributed by atoms with van der Waals surface area (Å²) in [4.78, 5) is 29.8. The highest BCUT2D eigenvalue weighted by Gasteiger charge is 2.35. The fraction of sp³-hybridized carbons (Fsp3) is 0.357. The van der Waals surface area contributed by atoms with E-state index in [9.17, 15) is 14.0 Å². The zero-order chi connectivity index (χ0) is 14.8. The molecule has 0 bridgehead atoms. The van der Waals surface area contributed by atoms with Crippen LogP contribution in [0.3, 0.4) is 0 Å². The molecule has 0 unspecified atom stereocenters. The first-order valence-electron chi connectivity index (χ1n) is 6.67. The molecule has 2 amide bonds. The number of thioether (sulfide) groups is 1. The van der Waals surface area contributed by atoms with Crippen molar-refractivity contribution in [2.75, 3.05) is 23.7 Å². The summed E-state index contributed by atoms with van der Waals surface area (Å²) in [6.07, 6.45) is 0.168. The van der Waals surface area contributed by atoms with Crippen LogP contribution in [0.2, 0.25) is 0 Å². The molecule has 0 saturated carbocycles. The van der Waals surface area contributed by atoms with Crippen LogP contribution in [0.1, 0.15) is 6.42 Å². The van der Waals surface area contributed by atoms with Crippen molar-refractivity contribution in [3.05, 3.63) is 30.1 Å². The van der Waals surface area contributed by atoms with Gasteiger partial charge in [0.05, 0.1) is 12.5 Å². The third-order valence-corrected chi connectivity index (χ3v) is 4.34. The van der Waals surface area contributed by atoms with E-state index in [4.69, 9.17) is 0 Å². The minimum Gasteiger partial charge on any atom is -0.312 e. The number of hydrogen-bond donors (Lipinski definition) is 1. The van der Waals surface area contributed by atoms with Gasteiger partial charge in [-0.2, -0.15) is 0 Å². The first-order valence-corrected chi connectivity index (χ1v) is 7.66. The van der Waals surface area contributed by atoms with E-state index in [1.165, 1.54) is 28.8 Å². The molecule has 2 aliphatic rings. The van der Waals surface area contributed by atoms with Crippen LogP contribution in [-0.2, 0) is 9.59 Å². The summed E-state index contributed by atoms with van der Waals surface area (Å²) < 4.78 is 12.9. The number of carbonyl (C=O) groups is 2. The number of anilines is 1. The van der Waals surface area contributed by atoms with Gasteiger partial charge in [0.2, 0.25) is 11.8 Å². The van der Waals surface area contributed by atoms with Gasteiger partial charge in [-0.1, -0.05) is 11.8 Å². The average Bonchev–Trinajstić information content (AvgIpc) is 3.09. The van der Waals surface area contributed by atoms with Crippen LogP contribution < -0.4 is 10.2 Å². The van der Waals surface area contributed by atoms with Crippen LogP contribution in [0.15, 0.2) is 29.3 Å². The van der Waals surface area contributed by atoms with Gasteiger partial charge in [0.25, 0.3) is 0 Å². The lowest BCUT2D eigenvalue weighted by Crippen LogP contribution is -2.35. The molecule has 1 N–H and O–H groups in total. The largest absolute Gasteiger partial charge is 0.312 e. The van der Waals surface area contributed by atoms with E-state index in [0.717, 1.165) is 5.75 Å². The van der Waals surface area contributed by atoms with Crippen LogP contribution in [0.5, 0.6) is 0 Å². The second-order valence-electron chi connectivity index (χ2n) is 4.91. The van der Waals surface area contributed by atoms with Crippen molar-refractivity contribution in [2.24, 2.45) is 10.9 Å². The van der Waals surface area contributed by atoms with Gasteiger partial charge in [-0.25, -0.2) is 4.39 Å². The van der Waals surface area contributed by atoms with Crippen LogP contribution in [-0.4, -0.2) is 35.8 Å². The maximum atomic E-state index is 12.9. The summed E-state index contributed by atoms with van der Waals surface area (Å²) in [5.41, 5.74) is 0.615. The fourth-order valence-electron chi connectivity index (χ4n) is 2.37. The van der Waals surface area contributed by atoms with E-state index in [1.807, 2.05) is 0 Å². The summed E-state index contributed by atoms with van der Waals surface area (Å²) in [6.45, 7) is 1.03. The molecule has 1 fully saturated rings. The maximum absolute atomic E-state index is 12.9. The van der Waals surface area contributed by atoms with E-state index in [2.05, 4.69) is 10.3 Å². The van der Waals surface area contributed by atoms with Gasteiger partial charge in [-0.3, -0.25) is 14.6 Å². The molecule has 5 nitrogen and oxygen atoms in total. The molecule has 0 aromatic heterocycles. The topological polar surface area (TPSA) is 61.8 Å². The summed E-state index contributed by atoms with van der Waals surface area (Å²) >= 11 is 1.51. The average molecular weight is 307 g/mol. The van der Waals surface area contributed by atoms with Gasteiger partial charge in [0, 0.05) is 24.4 Å². The molecule has 7 heteroatoms. The van der Waals surface area contributed by atoms with Gasteiger partial charge >= 0.3 is 0 Å². The molecule has 1 aromatic rings. The van der Waals surface area contributed by atoms with Crippen molar-refractivity contribution >= 4 is 34.4 Å². The lowest BCUT2D eigenvalue weighted by atomic mass is 10.1. The molecule has 110 valence electrons. The molecule has 0 aliphatic carbocycles. The molecular formula is C14H14FN3O2S. The van der Waals surface area contributed by atoms with Crippen LogP contribution in [0.25, 0.3) is 0 Å². The smallest absolute Gasteiger partial charge is 0.231 e. The van der Waals surface area contributed by atoms with Crippen molar-refractivity contribution in [1.82, 2.24) is 5.32 Å². The number of hydrogen-bond acceptors (Lipinski definition) is 4. The Balaban J connectivity index is 1.66. The molecule has 0 spiro atoms. The van der Waals surface area contributed by atoms with Gasteiger partial charge in [-0.15, -0.1) is 0 Å². The molecular weight excluding hydrogens is 293 g/mol. The highest BCUT2D eigenvalue weighted by atomic mass is 32.2. The standard InChI is InChI=1S/C14H14FN3O2S/c15-10-1-3-11(4-2-10)18-8-9(7-12(18)19)13(20)17-14-16-5-6-21-14/h1-4,9H,5-8H2,(H,16,17,20)/t9-/m1/s1. The third-order valence-electron chi connectivity index (χ3n) is 3.45. The minimum absolute atomic E-state index is 0.122. The Kier molecular flexibility index (Phi) is 3.92. The Bertz CT molecular complexity index is 603. The number of halogens is 1. The first-order chi connectivity index (χ1) is 10.1. The zero-order valence-electron chi connectivity index (χ0n) is 11.2. The number of nitrogens with zero attached hydrogens (tertiary/aromatic N) is 2. The second-order valence-corrected chi connectivity index (χ2v) is 5.99. The number of amidine groups is 1. The summed E-state index contributed by atoms with van der Waals surface area (Å²) in [6, 6.07) is 5.70. The Morgan fingerprint density at radius 2 is 2.14 bits per heavy atom. The van der Waals surface area contributed by atoms with Crippen molar-refractivity contribution < 1.29 is 14.0 Å². The Hall–Kier alpha value is -1.89. The van der Waals surface area contributed by atoms with E-state index in [1.54, 1.807) is 12.1 Å². The molecule has 1 aromatic carbocycles. The van der Waals surface area contributed by atoms with Crippen molar-refractivity contribution in [2.45, 2.75) is 6.42 Å². The lowest BCUT2D eigenvalue weighted by molar-refractivity contribution is -0.125. The normalized spacial score (nSPS) is 21.6. The highest BCUT2D eigenvalue weighted by molar-refractivity contribution is 8.14. The van der Waals surface area contributed by atoms with Gasteiger partial charge in [-0.05, 0) is 24.3 Å². The molecule has 2 aliphatic heterocycles. The third kappa shape index (κ3) is 3.07. The fourth-order valence-corrected chi connectivity index (χ4v) is 3.10. The van der Waals surface area contributed by atoms with Crippen LogP contribution in [0.4, 0.5) is 10.1 Å². The Morgan fingerprint density at radius 1 is 1.38 bits per heavy atom.